The van der Waals surface area contributed by atoms with Crippen molar-refractivity contribution in [2.75, 3.05) is 26.2 Å². The van der Waals surface area contributed by atoms with Crippen LogP contribution in [0.1, 0.15) is 20.7 Å². The number of hydrogen-bond acceptors (Lipinski definition) is 3. The third-order valence-electron chi connectivity index (χ3n) is 4.95. The minimum atomic E-state index is -1.06. The zero-order chi connectivity index (χ0) is 21.3. The highest BCUT2D eigenvalue weighted by atomic mass is 79.9. The molecule has 0 N–H and O–H groups in total. The van der Waals surface area contributed by atoms with Crippen LogP contribution >= 0.6 is 15.9 Å². The van der Waals surface area contributed by atoms with E-state index in [0.29, 0.717) is 31.7 Å². The van der Waals surface area contributed by atoms with Gasteiger partial charge in [-0.25, -0.2) is 13.5 Å². The molecule has 0 atom stereocenters. The molecule has 6 nitrogen and oxygen atoms in total. The normalized spacial score (nSPS) is 14.1. The molecule has 0 spiro atoms. The fraction of sp³-hybridized carbons (Fsp3) is 0.190. The predicted octanol–water partition coefficient (Wildman–Crippen LogP) is 3.51. The Morgan fingerprint density at radius 3 is 1.93 bits per heavy atom. The van der Waals surface area contributed by atoms with E-state index in [9.17, 15) is 18.4 Å². The first-order valence-corrected chi connectivity index (χ1v) is 10.1. The lowest BCUT2D eigenvalue weighted by Gasteiger charge is -2.35. The second kappa shape index (κ2) is 8.35. The molecular weight excluding hydrogens is 458 g/mol. The topological polar surface area (TPSA) is 58.4 Å². The molecule has 0 bridgehead atoms. The molecule has 1 aromatic heterocycles. The Hall–Kier alpha value is -3.07. The van der Waals surface area contributed by atoms with Crippen molar-refractivity contribution in [1.29, 1.82) is 0 Å². The van der Waals surface area contributed by atoms with Crippen LogP contribution in [-0.4, -0.2) is 57.6 Å². The predicted molar refractivity (Wildman–Crippen MR) is 109 cm³/mol. The highest BCUT2D eigenvalue weighted by molar-refractivity contribution is 9.10. The number of benzene rings is 2. The number of rotatable bonds is 3. The van der Waals surface area contributed by atoms with Gasteiger partial charge >= 0.3 is 0 Å². The van der Waals surface area contributed by atoms with Gasteiger partial charge in [-0.15, -0.1) is 0 Å². The van der Waals surface area contributed by atoms with Crippen LogP contribution in [0.4, 0.5) is 8.78 Å². The maximum Gasteiger partial charge on any atom is 0.254 e. The third-order valence-corrected chi connectivity index (χ3v) is 5.36. The van der Waals surface area contributed by atoms with Crippen LogP contribution < -0.4 is 0 Å². The summed E-state index contributed by atoms with van der Waals surface area (Å²) in [5.41, 5.74) is 1.47. The summed E-state index contributed by atoms with van der Waals surface area (Å²) in [6.07, 6.45) is 3.50. The molecule has 1 aliphatic heterocycles. The van der Waals surface area contributed by atoms with Crippen LogP contribution in [0.5, 0.6) is 0 Å². The van der Waals surface area contributed by atoms with E-state index in [1.165, 1.54) is 11.0 Å². The summed E-state index contributed by atoms with van der Waals surface area (Å²) < 4.78 is 29.0. The van der Waals surface area contributed by atoms with Crippen LogP contribution in [0.3, 0.4) is 0 Å². The molecule has 154 valence electrons. The molecule has 0 unspecified atom stereocenters. The molecule has 2 heterocycles. The molecule has 30 heavy (non-hydrogen) atoms. The highest BCUT2D eigenvalue weighted by Crippen LogP contribution is 2.17. The summed E-state index contributed by atoms with van der Waals surface area (Å²) in [4.78, 5) is 28.5. The first kappa shape index (κ1) is 20.2. The van der Waals surface area contributed by atoms with Crippen LogP contribution in [0.2, 0.25) is 0 Å². The van der Waals surface area contributed by atoms with Crippen molar-refractivity contribution in [1.82, 2.24) is 19.6 Å². The summed E-state index contributed by atoms with van der Waals surface area (Å²) in [6, 6.07) is 10.2. The molecule has 1 aliphatic rings. The lowest BCUT2D eigenvalue weighted by molar-refractivity contribution is 0.0535. The average Bonchev–Trinajstić information content (AvgIpc) is 3.21. The molecule has 3 aromatic rings. The monoisotopic (exact) mass is 474 g/mol. The van der Waals surface area contributed by atoms with Crippen molar-refractivity contribution >= 4 is 27.7 Å². The molecule has 2 amide bonds. The first-order valence-electron chi connectivity index (χ1n) is 9.26. The molecule has 9 heteroatoms. The van der Waals surface area contributed by atoms with E-state index in [4.69, 9.17) is 0 Å². The molecular formula is C21H17BrF2N4O2. The summed E-state index contributed by atoms with van der Waals surface area (Å²) >= 11 is 3.35. The molecule has 2 aromatic carbocycles. The zero-order valence-corrected chi connectivity index (χ0v) is 17.3. The quantitative estimate of drug-likeness (QED) is 0.583. The van der Waals surface area contributed by atoms with Gasteiger partial charge in [-0.05, 0) is 58.4 Å². The number of carbonyl (C=O) groups excluding carboxylic acids is 2. The van der Waals surface area contributed by atoms with Crippen molar-refractivity contribution in [2.24, 2.45) is 0 Å². The van der Waals surface area contributed by atoms with Gasteiger partial charge in [-0.2, -0.15) is 5.10 Å². The molecule has 0 aliphatic carbocycles. The zero-order valence-electron chi connectivity index (χ0n) is 15.8. The number of nitrogens with zero attached hydrogens (tertiary/aromatic N) is 4. The van der Waals surface area contributed by atoms with Crippen molar-refractivity contribution in [3.63, 3.8) is 0 Å². The van der Waals surface area contributed by atoms with Crippen LogP contribution in [0, 0.1) is 11.6 Å². The molecule has 1 saturated heterocycles. The maximum atomic E-state index is 13.4. The van der Waals surface area contributed by atoms with Crippen molar-refractivity contribution in [3.05, 3.63) is 82.1 Å². The summed E-state index contributed by atoms with van der Waals surface area (Å²) in [5.74, 6) is -2.55. The van der Waals surface area contributed by atoms with E-state index in [0.717, 1.165) is 22.3 Å². The Labute approximate surface area is 179 Å². The second-order valence-electron chi connectivity index (χ2n) is 6.86. The van der Waals surface area contributed by atoms with E-state index < -0.39 is 11.6 Å². The summed E-state index contributed by atoms with van der Waals surface area (Å²) in [6.45, 7) is 1.37. The number of piperazine rings is 1. The molecule has 0 saturated carbocycles. The van der Waals surface area contributed by atoms with Crippen molar-refractivity contribution in [3.8, 4) is 5.69 Å². The maximum absolute atomic E-state index is 13.4. The van der Waals surface area contributed by atoms with Crippen LogP contribution in [0.25, 0.3) is 5.69 Å². The molecule has 4 rings (SSSR count). The molecule has 1 fully saturated rings. The van der Waals surface area contributed by atoms with Crippen LogP contribution in [0.15, 0.2) is 59.3 Å². The van der Waals surface area contributed by atoms with Gasteiger partial charge in [-0.1, -0.05) is 0 Å². The Morgan fingerprint density at radius 2 is 1.40 bits per heavy atom. The Kier molecular flexibility index (Phi) is 5.63. The number of aromatic nitrogens is 2. The van der Waals surface area contributed by atoms with Gasteiger partial charge < -0.3 is 9.80 Å². The minimum absolute atomic E-state index is 0.0922. The number of halogens is 3. The fourth-order valence-electron chi connectivity index (χ4n) is 3.31. The van der Waals surface area contributed by atoms with Crippen molar-refractivity contribution in [2.45, 2.75) is 0 Å². The van der Waals surface area contributed by atoms with Crippen molar-refractivity contribution < 1.29 is 18.4 Å². The van der Waals surface area contributed by atoms with Gasteiger partial charge in [-0.3, -0.25) is 9.59 Å². The molecule has 0 radical (unpaired) electrons. The van der Waals surface area contributed by atoms with E-state index in [1.807, 2.05) is 18.3 Å². The number of carbonyl (C=O) groups is 2. The third kappa shape index (κ3) is 4.11. The Balaban J connectivity index is 1.38. The van der Waals surface area contributed by atoms with E-state index in [-0.39, 0.29) is 17.4 Å². The average molecular weight is 475 g/mol. The van der Waals surface area contributed by atoms with Gasteiger partial charge in [0.05, 0.1) is 16.4 Å². The van der Waals surface area contributed by atoms with Gasteiger partial charge in [0, 0.05) is 43.5 Å². The van der Waals surface area contributed by atoms with E-state index in [2.05, 4.69) is 21.0 Å². The number of amides is 2. The van der Waals surface area contributed by atoms with Gasteiger partial charge in [0.2, 0.25) is 0 Å². The Morgan fingerprint density at radius 1 is 0.833 bits per heavy atom. The van der Waals surface area contributed by atoms with Gasteiger partial charge in [0.1, 0.15) is 0 Å². The van der Waals surface area contributed by atoms with E-state index in [1.54, 1.807) is 27.9 Å². The highest BCUT2D eigenvalue weighted by Gasteiger charge is 2.26. The summed E-state index contributed by atoms with van der Waals surface area (Å²) in [5, 5.41) is 4.20. The fourth-order valence-corrected chi connectivity index (χ4v) is 3.59. The standard InChI is InChI=1S/C21H17BrF2N4O2/c22-16-12-25-28(13-16)17-4-1-14(2-5-17)20(29)26-7-9-27(10-8-26)21(30)15-3-6-18(23)19(24)11-15/h1-6,11-13H,7-10H2. The SMILES string of the molecule is O=C(c1ccc(-n2cc(Br)cn2)cc1)N1CCN(C(=O)c2ccc(F)c(F)c2)CC1. The van der Waals surface area contributed by atoms with Crippen LogP contribution in [-0.2, 0) is 0 Å². The van der Waals surface area contributed by atoms with Gasteiger partial charge in [0.15, 0.2) is 11.6 Å². The number of hydrogen-bond donors (Lipinski definition) is 0. The smallest absolute Gasteiger partial charge is 0.254 e. The van der Waals surface area contributed by atoms with Gasteiger partial charge in [0.25, 0.3) is 11.8 Å². The summed E-state index contributed by atoms with van der Waals surface area (Å²) in [7, 11) is 0. The first-order chi connectivity index (χ1) is 14.4. The second-order valence-corrected chi connectivity index (χ2v) is 7.78. The lowest BCUT2D eigenvalue weighted by atomic mass is 10.1. The Bertz CT molecular complexity index is 1090. The largest absolute Gasteiger partial charge is 0.335 e. The van der Waals surface area contributed by atoms with E-state index >= 15 is 0 Å². The lowest BCUT2D eigenvalue weighted by Crippen LogP contribution is -2.50. The minimum Gasteiger partial charge on any atom is -0.335 e.